The van der Waals surface area contributed by atoms with Crippen molar-refractivity contribution in [1.82, 2.24) is 4.90 Å². The topological polar surface area (TPSA) is 21.7 Å². The van der Waals surface area contributed by atoms with E-state index < -0.39 is 0 Å². The van der Waals surface area contributed by atoms with Gasteiger partial charge < -0.3 is 9.47 Å². The Balaban J connectivity index is 1.65. The number of nitrogens with zero attached hydrogens (tertiary/aromatic N) is 1. The first-order chi connectivity index (χ1) is 8.40. The molecular formula is C13H24FNO2. The van der Waals surface area contributed by atoms with Gasteiger partial charge in [-0.05, 0) is 38.6 Å². The third kappa shape index (κ3) is 4.19. The zero-order valence-corrected chi connectivity index (χ0v) is 10.6. The van der Waals surface area contributed by atoms with Crippen LogP contribution in [0.1, 0.15) is 32.1 Å². The highest BCUT2D eigenvalue weighted by atomic mass is 19.1. The SMILES string of the molecule is FCCCCCN1CCO[C@H]([C@H]2CCCO2)C1. The maximum absolute atomic E-state index is 12.0. The molecule has 0 radical (unpaired) electrons. The second-order valence-electron chi connectivity index (χ2n) is 5.01. The van der Waals surface area contributed by atoms with E-state index in [1.165, 1.54) is 6.42 Å². The molecule has 100 valence electrons. The van der Waals surface area contributed by atoms with Crippen molar-refractivity contribution in [3.8, 4) is 0 Å². The molecule has 2 aliphatic rings. The molecule has 0 aromatic carbocycles. The summed E-state index contributed by atoms with van der Waals surface area (Å²) in [5.41, 5.74) is 0. The van der Waals surface area contributed by atoms with Gasteiger partial charge in [-0.25, -0.2) is 0 Å². The molecule has 2 heterocycles. The highest BCUT2D eigenvalue weighted by molar-refractivity contribution is 4.81. The van der Waals surface area contributed by atoms with Crippen LogP contribution in [0.2, 0.25) is 0 Å². The Hall–Kier alpha value is -0.190. The fraction of sp³-hybridized carbons (Fsp3) is 1.00. The van der Waals surface area contributed by atoms with Crippen molar-refractivity contribution in [3.63, 3.8) is 0 Å². The highest BCUT2D eigenvalue weighted by Gasteiger charge is 2.30. The van der Waals surface area contributed by atoms with Crippen molar-refractivity contribution in [2.24, 2.45) is 0 Å². The Kier molecular flexibility index (Phi) is 5.68. The van der Waals surface area contributed by atoms with Crippen LogP contribution in [0.15, 0.2) is 0 Å². The average molecular weight is 245 g/mol. The van der Waals surface area contributed by atoms with Gasteiger partial charge in [0.05, 0.1) is 25.5 Å². The third-order valence-corrected chi connectivity index (χ3v) is 3.67. The Morgan fingerprint density at radius 2 is 1.94 bits per heavy atom. The molecule has 17 heavy (non-hydrogen) atoms. The highest BCUT2D eigenvalue weighted by Crippen LogP contribution is 2.21. The van der Waals surface area contributed by atoms with Crippen molar-refractivity contribution in [2.45, 2.75) is 44.3 Å². The zero-order chi connectivity index (χ0) is 11.9. The van der Waals surface area contributed by atoms with Crippen molar-refractivity contribution in [1.29, 1.82) is 0 Å². The van der Waals surface area contributed by atoms with E-state index in [0.717, 1.165) is 52.1 Å². The summed E-state index contributed by atoms with van der Waals surface area (Å²) in [6.07, 6.45) is 5.68. The van der Waals surface area contributed by atoms with Crippen molar-refractivity contribution in [3.05, 3.63) is 0 Å². The summed E-state index contributed by atoms with van der Waals surface area (Å²) >= 11 is 0. The molecule has 0 bridgehead atoms. The lowest BCUT2D eigenvalue weighted by Gasteiger charge is -2.35. The van der Waals surface area contributed by atoms with Gasteiger partial charge in [0.15, 0.2) is 0 Å². The van der Waals surface area contributed by atoms with Gasteiger partial charge in [0.1, 0.15) is 0 Å². The first kappa shape index (κ1) is 13.2. The Bertz CT molecular complexity index is 210. The van der Waals surface area contributed by atoms with Crippen molar-refractivity contribution < 1.29 is 13.9 Å². The van der Waals surface area contributed by atoms with Crippen LogP contribution >= 0.6 is 0 Å². The quantitative estimate of drug-likeness (QED) is 0.668. The largest absolute Gasteiger partial charge is 0.375 e. The first-order valence-corrected chi connectivity index (χ1v) is 6.91. The second-order valence-corrected chi connectivity index (χ2v) is 5.01. The molecule has 0 unspecified atom stereocenters. The van der Waals surface area contributed by atoms with Gasteiger partial charge in [0.25, 0.3) is 0 Å². The summed E-state index contributed by atoms with van der Waals surface area (Å²) in [6, 6.07) is 0. The summed E-state index contributed by atoms with van der Waals surface area (Å²) in [5.74, 6) is 0. The van der Waals surface area contributed by atoms with Gasteiger partial charge in [0, 0.05) is 19.7 Å². The Morgan fingerprint density at radius 1 is 1.06 bits per heavy atom. The number of ether oxygens (including phenoxy) is 2. The molecule has 0 saturated carbocycles. The molecule has 2 saturated heterocycles. The molecule has 2 rings (SSSR count). The molecule has 3 nitrogen and oxygen atoms in total. The molecule has 0 spiro atoms. The van der Waals surface area contributed by atoms with E-state index in [9.17, 15) is 4.39 Å². The second kappa shape index (κ2) is 7.29. The molecule has 2 aliphatic heterocycles. The Morgan fingerprint density at radius 3 is 2.71 bits per heavy atom. The van der Waals surface area contributed by atoms with Gasteiger partial charge in [-0.2, -0.15) is 0 Å². The molecular weight excluding hydrogens is 221 g/mol. The molecule has 0 amide bonds. The fourth-order valence-corrected chi connectivity index (χ4v) is 2.66. The smallest absolute Gasteiger partial charge is 0.0963 e. The van der Waals surface area contributed by atoms with Crippen LogP contribution in [0.5, 0.6) is 0 Å². The van der Waals surface area contributed by atoms with E-state index in [4.69, 9.17) is 9.47 Å². The number of unbranched alkanes of at least 4 members (excludes halogenated alkanes) is 2. The summed E-state index contributed by atoms with van der Waals surface area (Å²) in [4.78, 5) is 2.44. The number of hydrogen-bond acceptors (Lipinski definition) is 3. The van der Waals surface area contributed by atoms with E-state index in [1.54, 1.807) is 0 Å². The van der Waals surface area contributed by atoms with E-state index in [0.29, 0.717) is 12.5 Å². The monoisotopic (exact) mass is 245 g/mol. The summed E-state index contributed by atoms with van der Waals surface area (Å²) in [7, 11) is 0. The van der Waals surface area contributed by atoms with E-state index in [-0.39, 0.29) is 12.8 Å². The van der Waals surface area contributed by atoms with Gasteiger partial charge in [-0.3, -0.25) is 9.29 Å². The molecule has 2 fully saturated rings. The molecule has 0 aliphatic carbocycles. The maximum Gasteiger partial charge on any atom is 0.0963 e. The minimum Gasteiger partial charge on any atom is -0.375 e. The van der Waals surface area contributed by atoms with Crippen LogP contribution < -0.4 is 0 Å². The molecule has 4 heteroatoms. The van der Waals surface area contributed by atoms with E-state index >= 15 is 0 Å². The predicted octanol–water partition coefficient (Wildman–Crippen LogP) is 2.01. The lowest BCUT2D eigenvalue weighted by molar-refractivity contribution is -0.0943. The van der Waals surface area contributed by atoms with Crippen LogP contribution in [0, 0.1) is 0 Å². The number of hydrogen-bond donors (Lipinski definition) is 0. The maximum atomic E-state index is 12.0. The standard InChI is InChI=1S/C13H24FNO2/c14-6-2-1-3-7-15-8-10-17-13(11-15)12-5-4-9-16-12/h12-13H,1-11H2/t12-,13+/m1/s1. The lowest BCUT2D eigenvalue weighted by atomic mass is 10.1. The molecule has 0 aromatic rings. The van der Waals surface area contributed by atoms with Crippen LogP contribution in [0.25, 0.3) is 0 Å². The third-order valence-electron chi connectivity index (χ3n) is 3.67. The van der Waals surface area contributed by atoms with Crippen molar-refractivity contribution in [2.75, 3.05) is 39.5 Å². The fourth-order valence-electron chi connectivity index (χ4n) is 2.66. The van der Waals surface area contributed by atoms with Crippen LogP contribution in [-0.2, 0) is 9.47 Å². The van der Waals surface area contributed by atoms with Gasteiger partial charge in [-0.1, -0.05) is 0 Å². The van der Waals surface area contributed by atoms with Crippen LogP contribution in [0.3, 0.4) is 0 Å². The number of halogens is 1. The predicted molar refractivity (Wildman–Crippen MR) is 65.0 cm³/mol. The lowest BCUT2D eigenvalue weighted by Crippen LogP contribution is -2.47. The van der Waals surface area contributed by atoms with Gasteiger partial charge in [0.2, 0.25) is 0 Å². The summed E-state index contributed by atoms with van der Waals surface area (Å²) in [5, 5.41) is 0. The molecule has 0 N–H and O–H groups in total. The van der Waals surface area contributed by atoms with E-state index in [2.05, 4.69) is 4.90 Å². The zero-order valence-electron chi connectivity index (χ0n) is 10.6. The average Bonchev–Trinajstić information content (AvgIpc) is 2.89. The van der Waals surface area contributed by atoms with Crippen molar-refractivity contribution >= 4 is 0 Å². The van der Waals surface area contributed by atoms with Crippen LogP contribution in [0.4, 0.5) is 4.39 Å². The minimum absolute atomic E-state index is 0.179. The Labute approximate surface area is 103 Å². The normalized spacial score (nSPS) is 30.9. The number of alkyl halides is 1. The first-order valence-electron chi connectivity index (χ1n) is 6.91. The van der Waals surface area contributed by atoms with E-state index in [1.807, 2.05) is 0 Å². The van der Waals surface area contributed by atoms with Crippen LogP contribution in [-0.4, -0.2) is 56.6 Å². The summed E-state index contributed by atoms with van der Waals surface area (Å²) in [6.45, 7) is 4.60. The number of morpholine rings is 1. The minimum atomic E-state index is -0.179. The van der Waals surface area contributed by atoms with Gasteiger partial charge in [-0.15, -0.1) is 0 Å². The molecule has 2 atom stereocenters. The summed E-state index contributed by atoms with van der Waals surface area (Å²) < 4.78 is 23.5. The van der Waals surface area contributed by atoms with Gasteiger partial charge >= 0.3 is 0 Å². The molecule has 0 aromatic heterocycles. The number of rotatable bonds is 6.